The van der Waals surface area contributed by atoms with Gasteiger partial charge in [0.1, 0.15) is 0 Å². The zero-order valence-corrected chi connectivity index (χ0v) is 10.1. The Bertz CT molecular complexity index is 268. The summed E-state index contributed by atoms with van der Waals surface area (Å²) in [6.07, 6.45) is 1.70. The van der Waals surface area contributed by atoms with Gasteiger partial charge in [0.15, 0.2) is 0 Å². The standard InChI is InChI=1S/C11H21N3O2/c1-3-5-13-7-11(16)14(8-10(13)15)6-9(12)4-2/h9H,3-8,12H2,1-2H3. The summed E-state index contributed by atoms with van der Waals surface area (Å²) >= 11 is 0. The Labute approximate surface area is 96.6 Å². The van der Waals surface area contributed by atoms with E-state index in [-0.39, 0.29) is 30.9 Å². The molecule has 16 heavy (non-hydrogen) atoms. The van der Waals surface area contributed by atoms with E-state index < -0.39 is 0 Å². The molecule has 2 N–H and O–H groups in total. The first-order chi connectivity index (χ1) is 7.58. The zero-order valence-electron chi connectivity index (χ0n) is 10.1. The van der Waals surface area contributed by atoms with Crippen LogP contribution in [0.2, 0.25) is 0 Å². The molecule has 2 amide bonds. The third-order valence-electron chi connectivity index (χ3n) is 2.83. The molecular weight excluding hydrogens is 206 g/mol. The minimum Gasteiger partial charge on any atom is -0.332 e. The molecule has 1 aliphatic heterocycles. The molecule has 0 aromatic carbocycles. The van der Waals surface area contributed by atoms with Gasteiger partial charge in [0.2, 0.25) is 11.8 Å². The van der Waals surface area contributed by atoms with E-state index in [1.807, 2.05) is 13.8 Å². The van der Waals surface area contributed by atoms with Crippen LogP contribution in [0.1, 0.15) is 26.7 Å². The third kappa shape index (κ3) is 3.20. The molecule has 1 aliphatic rings. The van der Waals surface area contributed by atoms with Gasteiger partial charge in [-0.1, -0.05) is 13.8 Å². The van der Waals surface area contributed by atoms with Crippen LogP contribution in [0.25, 0.3) is 0 Å². The van der Waals surface area contributed by atoms with E-state index in [9.17, 15) is 9.59 Å². The van der Waals surface area contributed by atoms with Crippen molar-refractivity contribution in [2.75, 3.05) is 26.2 Å². The van der Waals surface area contributed by atoms with Gasteiger partial charge in [-0.2, -0.15) is 0 Å². The first-order valence-corrected chi connectivity index (χ1v) is 5.89. The van der Waals surface area contributed by atoms with Gasteiger partial charge in [0, 0.05) is 19.1 Å². The fraction of sp³-hybridized carbons (Fsp3) is 0.818. The Morgan fingerprint density at radius 1 is 1.19 bits per heavy atom. The lowest BCUT2D eigenvalue weighted by molar-refractivity contribution is -0.150. The molecule has 1 unspecified atom stereocenters. The number of rotatable bonds is 5. The largest absolute Gasteiger partial charge is 0.332 e. The van der Waals surface area contributed by atoms with Crippen molar-refractivity contribution < 1.29 is 9.59 Å². The van der Waals surface area contributed by atoms with Crippen LogP contribution in [-0.4, -0.2) is 53.8 Å². The van der Waals surface area contributed by atoms with Crippen molar-refractivity contribution >= 4 is 11.8 Å². The highest BCUT2D eigenvalue weighted by molar-refractivity contribution is 5.92. The summed E-state index contributed by atoms with van der Waals surface area (Å²) in [5.41, 5.74) is 5.79. The summed E-state index contributed by atoms with van der Waals surface area (Å²) in [4.78, 5) is 26.6. The molecule has 1 heterocycles. The fourth-order valence-electron chi connectivity index (χ4n) is 1.76. The average molecular weight is 227 g/mol. The van der Waals surface area contributed by atoms with E-state index in [2.05, 4.69) is 0 Å². The summed E-state index contributed by atoms with van der Waals surface area (Å²) in [5, 5.41) is 0. The van der Waals surface area contributed by atoms with Crippen LogP contribution in [0.15, 0.2) is 0 Å². The van der Waals surface area contributed by atoms with Crippen molar-refractivity contribution in [1.82, 2.24) is 9.80 Å². The maximum Gasteiger partial charge on any atom is 0.242 e. The highest BCUT2D eigenvalue weighted by atomic mass is 16.2. The van der Waals surface area contributed by atoms with E-state index in [0.29, 0.717) is 13.1 Å². The van der Waals surface area contributed by atoms with Gasteiger partial charge < -0.3 is 15.5 Å². The Balaban J connectivity index is 2.53. The number of carbonyl (C=O) groups is 2. The maximum atomic E-state index is 11.8. The van der Waals surface area contributed by atoms with E-state index >= 15 is 0 Å². The SMILES string of the molecule is CCCN1CC(=O)N(CC(N)CC)CC1=O. The predicted molar refractivity (Wildman–Crippen MR) is 61.7 cm³/mol. The van der Waals surface area contributed by atoms with Crippen LogP contribution in [-0.2, 0) is 9.59 Å². The predicted octanol–water partition coefficient (Wildman–Crippen LogP) is -0.195. The molecular formula is C11H21N3O2. The van der Waals surface area contributed by atoms with Gasteiger partial charge in [-0.05, 0) is 12.8 Å². The van der Waals surface area contributed by atoms with Crippen LogP contribution < -0.4 is 5.73 Å². The maximum absolute atomic E-state index is 11.8. The quantitative estimate of drug-likeness (QED) is 0.707. The Morgan fingerprint density at radius 3 is 2.31 bits per heavy atom. The third-order valence-corrected chi connectivity index (χ3v) is 2.83. The lowest BCUT2D eigenvalue weighted by atomic mass is 10.2. The number of carbonyl (C=O) groups excluding carboxylic acids is 2. The first-order valence-electron chi connectivity index (χ1n) is 5.89. The summed E-state index contributed by atoms with van der Waals surface area (Å²) in [7, 11) is 0. The average Bonchev–Trinajstić information content (AvgIpc) is 2.25. The molecule has 0 radical (unpaired) electrons. The second-order valence-corrected chi connectivity index (χ2v) is 4.26. The minimum atomic E-state index is -0.0329. The molecule has 5 heteroatoms. The fourth-order valence-corrected chi connectivity index (χ4v) is 1.76. The van der Waals surface area contributed by atoms with Crippen molar-refractivity contribution in [3.8, 4) is 0 Å². The van der Waals surface area contributed by atoms with Gasteiger partial charge in [0.05, 0.1) is 13.1 Å². The van der Waals surface area contributed by atoms with Gasteiger partial charge in [-0.25, -0.2) is 0 Å². The molecule has 0 aromatic heterocycles. The normalized spacial score (nSPS) is 19.2. The van der Waals surface area contributed by atoms with Crippen molar-refractivity contribution in [3.05, 3.63) is 0 Å². The van der Waals surface area contributed by atoms with Gasteiger partial charge in [0.25, 0.3) is 0 Å². The molecule has 0 spiro atoms. The lowest BCUT2D eigenvalue weighted by Gasteiger charge is -2.34. The molecule has 0 aromatic rings. The number of amides is 2. The molecule has 1 fully saturated rings. The Morgan fingerprint density at radius 2 is 1.75 bits per heavy atom. The molecule has 1 rings (SSSR count). The molecule has 0 bridgehead atoms. The first kappa shape index (κ1) is 13.0. The van der Waals surface area contributed by atoms with Gasteiger partial charge in [-0.15, -0.1) is 0 Å². The van der Waals surface area contributed by atoms with Crippen LogP contribution in [0.5, 0.6) is 0 Å². The van der Waals surface area contributed by atoms with Crippen molar-refractivity contribution in [2.45, 2.75) is 32.7 Å². The number of piperazine rings is 1. The summed E-state index contributed by atoms with van der Waals surface area (Å²) in [5.74, 6) is 0.0432. The van der Waals surface area contributed by atoms with E-state index in [1.54, 1.807) is 9.80 Å². The topological polar surface area (TPSA) is 66.6 Å². The molecule has 92 valence electrons. The van der Waals surface area contributed by atoms with Crippen molar-refractivity contribution in [1.29, 1.82) is 0 Å². The van der Waals surface area contributed by atoms with E-state index in [4.69, 9.17) is 5.73 Å². The zero-order chi connectivity index (χ0) is 12.1. The van der Waals surface area contributed by atoms with Gasteiger partial charge >= 0.3 is 0 Å². The lowest BCUT2D eigenvalue weighted by Crippen LogP contribution is -2.56. The Hall–Kier alpha value is -1.10. The summed E-state index contributed by atoms with van der Waals surface area (Å²) in [6, 6.07) is -0.0329. The summed E-state index contributed by atoms with van der Waals surface area (Å²) < 4.78 is 0. The smallest absolute Gasteiger partial charge is 0.242 e. The molecule has 1 saturated heterocycles. The molecule has 1 atom stereocenters. The highest BCUT2D eigenvalue weighted by Crippen LogP contribution is 2.06. The van der Waals surface area contributed by atoms with Crippen molar-refractivity contribution in [3.63, 3.8) is 0 Å². The second kappa shape index (κ2) is 5.84. The van der Waals surface area contributed by atoms with Crippen LogP contribution >= 0.6 is 0 Å². The second-order valence-electron chi connectivity index (χ2n) is 4.26. The monoisotopic (exact) mass is 227 g/mol. The van der Waals surface area contributed by atoms with Crippen LogP contribution in [0.3, 0.4) is 0 Å². The highest BCUT2D eigenvalue weighted by Gasteiger charge is 2.29. The molecule has 5 nitrogen and oxygen atoms in total. The number of nitrogens with zero attached hydrogens (tertiary/aromatic N) is 2. The number of nitrogens with two attached hydrogens (primary N) is 1. The molecule has 0 aliphatic carbocycles. The summed E-state index contributed by atoms with van der Waals surface area (Å²) in [6.45, 7) is 5.52. The van der Waals surface area contributed by atoms with Crippen LogP contribution in [0.4, 0.5) is 0 Å². The van der Waals surface area contributed by atoms with E-state index in [1.165, 1.54) is 0 Å². The van der Waals surface area contributed by atoms with Crippen molar-refractivity contribution in [2.24, 2.45) is 5.73 Å². The minimum absolute atomic E-state index is 0.0111. The van der Waals surface area contributed by atoms with E-state index in [0.717, 1.165) is 12.8 Å². The molecule has 0 saturated carbocycles. The van der Waals surface area contributed by atoms with Crippen LogP contribution in [0, 0.1) is 0 Å². The number of hydrogen-bond acceptors (Lipinski definition) is 3. The van der Waals surface area contributed by atoms with Gasteiger partial charge in [-0.3, -0.25) is 9.59 Å². The Kier molecular flexibility index (Phi) is 4.73. The number of hydrogen-bond donors (Lipinski definition) is 1.